The van der Waals surface area contributed by atoms with Crippen LogP contribution in [-0.4, -0.2) is 52.6 Å². The van der Waals surface area contributed by atoms with Gasteiger partial charge in [-0.2, -0.15) is 5.10 Å². The molecule has 3 heterocycles. The molecule has 0 spiro atoms. The van der Waals surface area contributed by atoms with Crippen LogP contribution in [0.4, 0.5) is 5.69 Å². The van der Waals surface area contributed by atoms with E-state index >= 15 is 0 Å². The highest BCUT2D eigenvalue weighted by Gasteiger charge is 2.28. The Morgan fingerprint density at radius 2 is 1.85 bits per heavy atom. The molecule has 1 unspecified atom stereocenters. The maximum absolute atomic E-state index is 9.76. The predicted molar refractivity (Wildman–Crippen MR) is 101 cm³/mol. The van der Waals surface area contributed by atoms with E-state index in [0.29, 0.717) is 6.04 Å². The number of aliphatic hydroxyl groups excluding tert-OH is 1. The van der Waals surface area contributed by atoms with Crippen molar-refractivity contribution in [3.05, 3.63) is 41.7 Å². The Hall–Kier alpha value is -2.05. The van der Waals surface area contributed by atoms with Crippen LogP contribution in [0.1, 0.15) is 37.3 Å². The van der Waals surface area contributed by atoms with Crippen LogP contribution >= 0.6 is 0 Å². The van der Waals surface area contributed by atoms with E-state index in [9.17, 15) is 5.11 Å². The van der Waals surface area contributed by atoms with Gasteiger partial charge in [0.2, 0.25) is 0 Å². The van der Waals surface area contributed by atoms with E-state index in [1.807, 2.05) is 12.1 Å². The summed E-state index contributed by atoms with van der Waals surface area (Å²) >= 11 is 0. The lowest BCUT2D eigenvalue weighted by molar-refractivity contribution is 0.129. The van der Waals surface area contributed by atoms with Gasteiger partial charge in [0.05, 0.1) is 31.1 Å². The van der Waals surface area contributed by atoms with Gasteiger partial charge in [-0.05, 0) is 50.1 Å². The van der Waals surface area contributed by atoms with E-state index in [2.05, 4.69) is 37.8 Å². The molecule has 1 N–H and O–H groups in total. The van der Waals surface area contributed by atoms with Crippen molar-refractivity contribution < 1.29 is 9.84 Å². The molecule has 2 aromatic rings. The topological polar surface area (TPSA) is 53.8 Å². The number of piperidine rings is 1. The van der Waals surface area contributed by atoms with E-state index in [0.717, 1.165) is 44.2 Å². The zero-order valence-corrected chi connectivity index (χ0v) is 15.6. The Balaban J connectivity index is 1.36. The van der Waals surface area contributed by atoms with E-state index in [1.165, 1.54) is 24.2 Å². The minimum Gasteiger partial charge on any atom is -0.497 e. The molecule has 6 nitrogen and oxygen atoms in total. The summed E-state index contributed by atoms with van der Waals surface area (Å²) in [6.07, 6.45) is 1.88. The molecule has 1 aromatic heterocycles. The van der Waals surface area contributed by atoms with Gasteiger partial charge in [0.1, 0.15) is 5.75 Å². The fourth-order valence-corrected chi connectivity index (χ4v) is 4.11. The predicted octanol–water partition coefficient (Wildman–Crippen LogP) is 2.43. The fraction of sp³-hybridized carbons (Fsp3) is 0.550. The minimum atomic E-state index is -0.491. The van der Waals surface area contributed by atoms with Crippen molar-refractivity contribution in [2.75, 3.05) is 31.6 Å². The Morgan fingerprint density at radius 3 is 2.50 bits per heavy atom. The van der Waals surface area contributed by atoms with Crippen molar-refractivity contribution in [2.24, 2.45) is 0 Å². The van der Waals surface area contributed by atoms with Crippen LogP contribution in [0.25, 0.3) is 0 Å². The van der Waals surface area contributed by atoms with Crippen LogP contribution in [-0.2, 0) is 13.1 Å². The summed E-state index contributed by atoms with van der Waals surface area (Å²) < 4.78 is 7.31. The number of ether oxygens (including phenoxy) is 1. The van der Waals surface area contributed by atoms with Gasteiger partial charge in [-0.25, -0.2) is 0 Å². The lowest BCUT2D eigenvalue weighted by atomic mass is 10.0. The van der Waals surface area contributed by atoms with Crippen molar-refractivity contribution in [3.8, 4) is 5.75 Å². The quantitative estimate of drug-likeness (QED) is 0.912. The zero-order chi connectivity index (χ0) is 18.1. The average Bonchev–Trinajstić information content (AvgIpc) is 3.12. The van der Waals surface area contributed by atoms with Gasteiger partial charge in [0.15, 0.2) is 0 Å². The van der Waals surface area contributed by atoms with Crippen LogP contribution in [0.2, 0.25) is 0 Å². The van der Waals surface area contributed by atoms with Crippen molar-refractivity contribution in [1.29, 1.82) is 0 Å². The molecule has 2 aliphatic rings. The molecule has 140 valence electrons. The summed E-state index contributed by atoms with van der Waals surface area (Å²) in [4.78, 5) is 5.06. The molecule has 1 atom stereocenters. The SMILES string of the molecule is COc1ccc(N2CCC(N3CCn4nc(C(C)O)cc4C3)CC2)cc1. The highest BCUT2D eigenvalue weighted by Crippen LogP contribution is 2.27. The van der Waals surface area contributed by atoms with Gasteiger partial charge in [-0.1, -0.05) is 0 Å². The third-order valence-corrected chi connectivity index (χ3v) is 5.69. The summed E-state index contributed by atoms with van der Waals surface area (Å²) in [5, 5.41) is 14.3. The first-order valence-electron chi connectivity index (χ1n) is 9.52. The van der Waals surface area contributed by atoms with Crippen molar-refractivity contribution in [3.63, 3.8) is 0 Å². The lowest BCUT2D eigenvalue weighted by Gasteiger charge is -2.41. The highest BCUT2D eigenvalue weighted by molar-refractivity contribution is 5.49. The molecule has 2 aliphatic heterocycles. The fourth-order valence-electron chi connectivity index (χ4n) is 4.11. The van der Waals surface area contributed by atoms with E-state index < -0.39 is 6.10 Å². The molecule has 0 aliphatic carbocycles. The van der Waals surface area contributed by atoms with E-state index in [-0.39, 0.29) is 0 Å². The second-order valence-electron chi connectivity index (χ2n) is 7.35. The molecule has 4 rings (SSSR count). The molecule has 0 radical (unpaired) electrons. The van der Waals surface area contributed by atoms with E-state index in [1.54, 1.807) is 14.0 Å². The molecule has 1 fully saturated rings. The Labute approximate surface area is 155 Å². The van der Waals surface area contributed by atoms with Gasteiger partial charge in [-0.3, -0.25) is 9.58 Å². The van der Waals surface area contributed by atoms with Crippen LogP contribution in [0.3, 0.4) is 0 Å². The normalized spacial score (nSPS) is 20.0. The summed E-state index contributed by atoms with van der Waals surface area (Å²) in [5.74, 6) is 0.908. The third-order valence-electron chi connectivity index (χ3n) is 5.69. The monoisotopic (exact) mass is 356 g/mol. The summed E-state index contributed by atoms with van der Waals surface area (Å²) in [7, 11) is 1.70. The van der Waals surface area contributed by atoms with Crippen LogP contribution in [0, 0.1) is 0 Å². The number of hydrogen-bond acceptors (Lipinski definition) is 5. The number of benzene rings is 1. The maximum atomic E-state index is 9.76. The Bertz CT molecular complexity index is 733. The maximum Gasteiger partial charge on any atom is 0.119 e. The van der Waals surface area contributed by atoms with Crippen molar-refractivity contribution in [1.82, 2.24) is 14.7 Å². The molecule has 0 amide bonds. The second-order valence-corrected chi connectivity index (χ2v) is 7.35. The van der Waals surface area contributed by atoms with Gasteiger partial charge < -0.3 is 14.7 Å². The smallest absolute Gasteiger partial charge is 0.119 e. The zero-order valence-electron chi connectivity index (χ0n) is 15.6. The molecule has 0 bridgehead atoms. The van der Waals surface area contributed by atoms with Gasteiger partial charge in [0.25, 0.3) is 0 Å². The second kappa shape index (κ2) is 7.29. The number of methoxy groups -OCH3 is 1. The third kappa shape index (κ3) is 3.44. The summed E-state index contributed by atoms with van der Waals surface area (Å²) in [6.45, 7) is 6.85. The minimum absolute atomic E-state index is 0.491. The lowest BCUT2D eigenvalue weighted by Crippen LogP contribution is -2.47. The first-order valence-corrected chi connectivity index (χ1v) is 9.52. The van der Waals surface area contributed by atoms with Gasteiger partial charge >= 0.3 is 0 Å². The summed E-state index contributed by atoms with van der Waals surface area (Å²) in [5.41, 5.74) is 3.29. The number of hydrogen-bond donors (Lipinski definition) is 1. The molecule has 0 saturated carbocycles. The number of nitrogens with zero attached hydrogens (tertiary/aromatic N) is 4. The first kappa shape index (κ1) is 17.4. The largest absolute Gasteiger partial charge is 0.497 e. The van der Waals surface area contributed by atoms with Crippen molar-refractivity contribution in [2.45, 2.75) is 45.0 Å². The standard InChI is InChI=1S/C20H28N4O2/c1-15(25)20-13-18-14-23(11-12-24(18)21-20)17-7-9-22(10-8-17)16-3-5-19(26-2)6-4-16/h3-6,13,15,17,25H,7-12,14H2,1-2H3. The average molecular weight is 356 g/mol. The molecule has 26 heavy (non-hydrogen) atoms. The molecular formula is C20H28N4O2. The molecule has 6 heteroatoms. The number of rotatable bonds is 4. The van der Waals surface area contributed by atoms with Crippen molar-refractivity contribution >= 4 is 5.69 Å². The van der Waals surface area contributed by atoms with Crippen LogP contribution in [0.15, 0.2) is 30.3 Å². The summed E-state index contributed by atoms with van der Waals surface area (Å²) in [6, 6.07) is 11.1. The number of fused-ring (bicyclic) bond motifs is 1. The van der Waals surface area contributed by atoms with Crippen LogP contribution < -0.4 is 9.64 Å². The number of aromatic nitrogens is 2. The molecular weight excluding hydrogens is 328 g/mol. The Morgan fingerprint density at radius 1 is 1.12 bits per heavy atom. The van der Waals surface area contributed by atoms with Gasteiger partial charge in [-0.15, -0.1) is 0 Å². The number of aliphatic hydroxyl groups is 1. The number of anilines is 1. The molecule has 1 saturated heterocycles. The first-order chi connectivity index (χ1) is 12.6. The highest BCUT2D eigenvalue weighted by atomic mass is 16.5. The molecule has 1 aromatic carbocycles. The Kier molecular flexibility index (Phi) is 4.87. The van der Waals surface area contributed by atoms with Crippen LogP contribution in [0.5, 0.6) is 5.75 Å². The van der Waals surface area contributed by atoms with Gasteiger partial charge in [0, 0.05) is 37.9 Å². The van der Waals surface area contributed by atoms with E-state index in [4.69, 9.17) is 4.74 Å².